The van der Waals surface area contributed by atoms with Gasteiger partial charge < -0.3 is 15.1 Å². The summed E-state index contributed by atoms with van der Waals surface area (Å²) in [7, 11) is 0. The Bertz CT molecular complexity index is 728. The molecule has 0 saturated carbocycles. The van der Waals surface area contributed by atoms with E-state index in [9.17, 15) is 9.59 Å². The second-order valence-corrected chi connectivity index (χ2v) is 5.96. The van der Waals surface area contributed by atoms with Crippen LogP contribution in [-0.2, 0) is 0 Å². The van der Waals surface area contributed by atoms with E-state index in [4.69, 9.17) is 11.6 Å². The van der Waals surface area contributed by atoms with Crippen LogP contribution in [0.2, 0.25) is 5.02 Å². The van der Waals surface area contributed by atoms with E-state index >= 15 is 0 Å². The van der Waals surface area contributed by atoms with E-state index in [2.05, 4.69) is 5.32 Å². The highest BCUT2D eigenvalue weighted by molar-refractivity contribution is 6.33. The van der Waals surface area contributed by atoms with Crippen molar-refractivity contribution in [1.82, 2.24) is 9.80 Å². The number of carbonyl (C=O) groups excluding carboxylic acids is 2. The molecule has 0 bridgehead atoms. The molecule has 1 fully saturated rings. The molecule has 0 unspecified atom stereocenters. The predicted octanol–water partition coefficient (Wildman–Crippen LogP) is 3.33. The molecule has 1 saturated heterocycles. The third kappa shape index (κ3) is 3.68. The Morgan fingerprint density at radius 1 is 0.833 bits per heavy atom. The Hall–Kier alpha value is -2.53. The fourth-order valence-corrected chi connectivity index (χ4v) is 2.86. The normalized spacial score (nSPS) is 14.4. The number of rotatable bonds is 2. The van der Waals surface area contributed by atoms with Gasteiger partial charge in [-0.2, -0.15) is 0 Å². The minimum Gasteiger partial charge on any atom is -0.335 e. The molecule has 0 aromatic heterocycles. The monoisotopic (exact) mass is 343 g/mol. The number of para-hydroxylation sites is 1. The first-order valence-corrected chi connectivity index (χ1v) is 8.18. The number of piperazine rings is 1. The molecule has 3 rings (SSSR count). The van der Waals surface area contributed by atoms with Gasteiger partial charge in [-0.3, -0.25) is 4.79 Å². The summed E-state index contributed by atoms with van der Waals surface area (Å²) >= 11 is 6.09. The lowest BCUT2D eigenvalue weighted by Crippen LogP contribution is -2.51. The van der Waals surface area contributed by atoms with Crippen molar-refractivity contribution in [2.45, 2.75) is 0 Å². The number of hydrogen-bond acceptors (Lipinski definition) is 2. The fourth-order valence-electron chi connectivity index (χ4n) is 2.64. The molecule has 1 N–H and O–H groups in total. The topological polar surface area (TPSA) is 52.7 Å². The average molecular weight is 344 g/mol. The molecule has 3 amide bonds. The lowest BCUT2D eigenvalue weighted by Gasteiger charge is -2.34. The van der Waals surface area contributed by atoms with E-state index < -0.39 is 0 Å². The summed E-state index contributed by atoms with van der Waals surface area (Å²) in [6.45, 7) is 1.97. The van der Waals surface area contributed by atoms with Gasteiger partial charge >= 0.3 is 6.03 Å². The smallest absolute Gasteiger partial charge is 0.321 e. The minimum atomic E-state index is -0.147. The molecule has 0 radical (unpaired) electrons. The minimum absolute atomic E-state index is 0.0938. The highest BCUT2D eigenvalue weighted by atomic mass is 35.5. The Morgan fingerprint density at radius 2 is 1.42 bits per heavy atom. The summed E-state index contributed by atoms with van der Waals surface area (Å²) in [5.41, 5.74) is 1.26. The van der Waals surface area contributed by atoms with Crippen LogP contribution >= 0.6 is 11.6 Å². The van der Waals surface area contributed by atoms with E-state index in [1.54, 1.807) is 34.1 Å². The summed E-state index contributed by atoms with van der Waals surface area (Å²) in [5, 5.41) is 3.31. The predicted molar refractivity (Wildman–Crippen MR) is 94.4 cm³/mol. The average Bonchev–Trinajstić information content (AvgIpc) is 2.62. The Labute approximate surface area is 145 Å². The third-order valence-electron chi connectivity index (χ3n) is 3.98. The van der Waals surface area contributed by atoms with Gasteiger partial charge in [0.25, 0.3) is 5.91 Å². The van der Waals surface area contributed by atoms with Crippen molar-refractivity contribution in [2.24, 2.45) is 0 Å². The van der Waals surface area contributed by atoms with Gasteiger partial charge in [-0.05, 0) is 24.3 Å². The maximum atomic E-state index is 12.5. The molecule has 5 nitrogen and oxygen atoms in total. The first kappa shape index (κ1) is 16.3. The van der Waals surface area contributed by atoms with E-state index in [0.717, 1.165) is 5.69 Å². The lowest BCUT2D eigenvalue weighted by molar-refractivity contribution is 0.0672. The quantitative estimate of drug-likeness (QED) is 0.909. The van der Waals surface area contributed by atoms with Crippen LogP contribution < -0.4 is 5.32 Å². The first-order chi connectivity index (χ1) is 11.6. The Morgan fingerprint density at radius 3 is 2.08 bits per heavy atom. The molecule has 1 aliphatic rings. The third-order valence-corrected chi connectivity index (χ3v) is 4.31. The van der Waals surface area contributed by atoms with Gasteiger partial charge in [-0.25, -0.2) is 4.79 Å². The van der Waals surface area contributed by atoms with Crippen molar-refractivity contribution >= 4 is 29.2 Å². The van der Waals surface area contributed by atoms with Gasteiger partial charge in [0.05, 0.1) is 10.6 Å². The number of amides is 3. The number of carbonyl (C=O) groups is 2. The maximum Gasteiger partial charge on any atom is 0.321 e. The van der Waals surface area contributed by atoms with Gasteiger partial charge in [-0.15, -0.1) is 0 Å². The van der Waals surface area contributed by atoms with Crippen LogP contribution in [0.5, 0.6) is 0 Å². The maximum absolute atomic E-state index is 12.5. The zero-order valence-electron chi connectivity index (χ0n) is 13.1. The van der Waals surface area contributed by atoms with Crippen molar-refractivity contribution in [3.05, 3.63) is 65.2 Å². The van der Waals surface area contributed by atoms with Crippen LogP contribution in [0.15, 0.2) is 54.6 Å². The standard InChI is InChI=1S/C18H18ClN3O2/c19-16-9-5-4-8-15(16)17(23)21-10-12-22(13-11-21)18(24)20-14-6-2-1-3-7-14/h1-9H,10-13H2,(H,20,24). The highest BCUT2D eigenvalue weighted by Gasteiger charge is 2.25. The van der Waals surface area contributed by atoms with Crippen LogP contribution in [-0.4, -0.2) is 47.9 Å². The van der Waals surface area contributed by atoms with E-state index in [0.29, 0.717) is 36.8 Å². The molecule has 24 heavy (non-hydrogen) atoms. The van der Waals surface area contributed by atoms with Gasteiger partial charge in [0.1, 0.15) is 0 Å². The molecule has 2 aromatic carbocycles. The molecule has 0 atom stereocenters. The molecule has 6 heteroatoms. The van der Waals surface area contributed by atoms with E-state index in [-0.39, 0.29) is 11.9 Å². The molecule has 1 aliphatic heterocycles. The fraction of sp³-hybridized carbons (Fsp3) is 0.222. The van der Waals surface area contributed by atoms with Crippen molar-refractivity contribution in [3.63, 3.8) is 0 Å². The van der Waals surface area contributed by atoms with Crippen LogP contribution in [0.4, 0.5) is 10.5 Å². The number of hydrogen-bond donors (Lipinski definition) is 1. The zero-order chi connectivity index (χ0) is 16.9. The van der Waals surface area contributed by atoms with Crippen molar-refractivity contribution < 1.29 is 9.59 Å². The lowest BCUT2D eigenvalue weighted by atomic mass is 10.2. The second kappa shape index (κ2) is 7.36. The summed E-state index contributed by atoms with van der Waals surface area (Å²) in [4.78, 5) is 28.2. The molecule has 0 spiro atoms. The molecule has 0 aliphatic carbocycles. The largest absolute Gasteiger partial charge is 0.335 e. The Balaban J connectivity index is 1.57. The second-order valence-electron chi connectivity index (χ2n) is 5.56. The SMILES string of the molecule is O=C(Nc1ccccc1)N1CCN(C(=O)c2ccccc2Cl)CC1. The first-order valence-electron chi connectivity index (χ1n) is 7.80. The van der Waals surface area contributed by atoms with Crippen molar-refractivity contribution in [3.8, 4) is 0 Å². The number of halogens is 1. The van der Waals surface area contributed by atoms with Crippen molar-refractivity contribution in [2.75, 3.05) is 31.5 Å². The number of urea groups is 1. The Kier molecular flexibility index (Phi) is 5.01. The summed E-state index contributed by atoms with van der Waals surface area (Å²) in [5.74, 6) is -0.0938. The number of nitrogens with zero attached hydrogens (tertiary/aromatic N) is 2. The van der Waals surface area contributed by atoms with Crippen LogP contribution in [0.3, 0.4) is 0 Å². The van der Waals surface area contributed by atoms with Crippen molar-refractivity contribution in [1.29, 1.82) is 0 Å². The molecule has 124 valence electrons. The van der Waals surface area contributed by atoms with Crippen LogP contribution in [0.1, 0.15) is 10.4 Å². The number of benzene rings is 2. The summed E-state index contributed by atoms with van der Waals surface area (Å²) in [6, 6.07) is 16.2. The summed E-state index contributed by atoms with van der Waals surface area (Å²) in [6.07, 6.45) is 0. The van der Waals surface area contributed by atoms with E-state index in [1.807, 2.05) is 30.3 Å². The molecule has 1 heterocycles. The van der Waals surface area contributed by atoms with Gasteiger partial charge in [0.15, 0.2) is 0 Å². The van der Waals surface area contributed by atoms with Crippen LogP contribution in [0, 0.1) is 0 Å². The van der Waals surface area contributed by atoms with Gasteiger partial charge in [0, 0.05) is 31.9 Å². The number of anilines is 1. The zero-order valence-corrected chi connectivity index (χ0v) is 13.9. The van der Waals surface area contributed by atoms with Gasteiger partial charge in [-0.1, -0.05) is 41.9 Å². The van der Waals surface area contributed by atoms with E-state index in [1.165, 1.54) is 0 Å². The summed E-state index contributed by atoms with van der Waals surface area (Å²) < 4.78 is 0. The highest BCUT2D eigenvalue weighted by Crippen LogP contribution is 2.18. The van der Waals surface area contributed by atoms with Crippen LogP contribution in [0.25, 0.3) is 0 Å². The molecular formula is C18H18ClN3O2. The molecular weight excluding hydrogens is 326 g/mol. The molecule has 2 aromatic rings. The number of nitrogens with one attached hydrogen (secondary N) is 1. The van der Waals surface area contributed by atoms with Gasteiger partial charge in [0.2, 0.25) is 0 Å².